The third-order valence-electron chi connectivity index (χ3n) is 4.50. The standard InChI is InChI=1S/C19H20F.Y/c1-14-5-7-15(8-6-14)16-9-11-17(12-10-16)18-3-2-4-19(20)13-18;/h2-3,9-15H,5-8H2,1H3;/q-1;. The Hall–Kier alpha value is -0.526. The van der Waals surface area contributed by atoms with Crippen molar-refractivity contribution < 1.29 is 37.1 Å². The van der Waals surface area contributed by atoms with Crippen LogP contribution < -0.4 is 0 Å². The first-order valence-corrected chi connectivity index (χ1v) is 7.50. The molecule has 0 saturated heterocycles. The summed E-state index contributed by atoms with van der Waals surface area (Å²) >= 11 is 0. The van der Waals surface area contributed by atoms with Gasteiger partial charge in [0.25, 0.3) is 0 Å². The third kappa shape index (κ3) is 4.23. The first-order valence-electron chi connectivity index (χ1n) is 7.50. The molecule has 0 aliphatic heterocycles. The van der Waals surface area contributed by atoms with Crippen molar-refractivity contribution in [2.24, 2.45) is 5.92 Å². The van der Waals surface area contributed by atoms with Gasteiger partial charge in [0.1, 0.15) is 0 Å². The summed E-state index contributed by atoms with van der Waals surface area (Å²) in [5, 5.41) is 0. The Kier molecular flexibility index (Phi) is 6.13. The van der Waals surface area contributed by atoms with Crippen molar-refractivity contribution in [1.29, 1.82) is 0 Å². The van der Waals surface area contributed by atoms with Gasteiger partial charge in [-0.2, -0.15) is 12.1 Å². The Morgan fingerprint density at radius 1 is 0.952 bits per heavy atom. The molecule has 0 unspecified atom stereocenters. The van der Waals surface area contributed by atoms with Crippen molar-refractivity contribution in [3.63, 3.8) is 0 Å². The Balaban J connectivity index is 0.00000161. The van der Waals surface area contributed by atoms with Crippen molar-refractivity contribution in [3.8, 4) is 11.1 Å². The molecule has 21 heavy (non-hydrogen) atoms. The van der Waals surface area contributed by atoms with Gasteiger partial charge in [-0.25, -0.2) is 4.39 Å². The van der Waals surface area contributed by atoms with Crippen molar-refractivity contribution >= 4 is 0 Å². The van der Waals surface area contributed by atoms with Crippen LogP contribution in [0.4, 0.5) is 4.39 Å². The molecule has 0 spiro atoms. The van der Waals surface area contributed by atoms with E-state index >= 15 is 0 Å². The molecule has 2 heteroatoms. The van der Waals surface area contributed by atoms with Crippen LogP contribution in [0.15, 0.2) is 42.5 Å². The molecule has 0 aromatic heterocycles. The van der Waals surface area contributed by atoms with Crippen LogP contribution in [-0.2, 0) is 32.7 Å². The second-order valence-electron chi connectivity index (χ2n) is 6.00. The second kappa shape index (κ2) is 7.65. The summed E-state index contributed by atoms with van der Waals surface area (Å²) in [7, 11) is 0. The van der Waals surface area contributed by atoms with E-state index in [1.54, 1.807) is 6.07 Å². The van der Waals surface area contributed by atoms with E-state index in [-0.39, 0.29) is 38.5 Å². The predicted molar refractivity (Wildman–Crippen MR) is 81.0 cm³/mol. The smallest absolute Gasteiger partial charge is 0.0114 e. The zero-order valence-corrected chi connectivity index (χ0v) is 15.3. The maximum absolute atomic E-state index is 13.2. The number of hydrogen-bond donors (Lipinski definition) is 0. The molecule has 107 valence electrons. The van der Waals surface area contributed by atoms with Gasteiger partial charge < -0.3 is 0 Å². The normalized spacial score (nSPS) is 21.6. The van der Waals surface area contributed by atoms with Crippen molar-refractivity contribution in [1.82, 2.24) is 0 Å². The number of rotatable bonds is 2. The summed E-state index contributed by atoms with van der Waals surface area (Å²) in [5.41, 5.74) is 3.43. The van der Waals surface area contributed by atoms with Crippen LogP contribution in [0, 0.1) is 17.8 Å². The number of hydrogen-bond acceptors (Lipinski definition) is 0. The summed E-state index contributed by atoms with van der Waals surface area (Å²) in [6, 6.07) is 16.3. The van der Waals surface area contributed by atoms with E-state index in [2.05, 4.69) is 37.3 Å². The van der Waals surface area contributed by atoms with Gasteiger partial charge in [0.15, 0.2) is 0 Å². The Bertz CT molecular complexity index is 568. The molecule has 2 aromatic carbocycles. The summed E-state index contributed by atoms with van der Waals surface area (Å²) in [4.78, 5) is 0. The molecule has 3 rings (SSSR count). The van der Waals surface area contributed by atoms with E-state index in [1.807, 2.05) is 6.07 Å². The Labute approximate surface area is 152 Å². The van der Waals surface area contributed by atoms with Gasteiger partial charge in [-0.1, -0.05) is 44.0 Å². The van der Waals surface area contributed by atoms with Crippen LogP contribution >= 0.6 is 0 Å². The molecule has 1 fully saturated rings. The van der Waals surface area contributed by atoms with Gasteiger partial charge in [-0.3, -0.25) is 0 Å². The van der Waals surface area contributed by atoms with Crippen molar-refractivity contribution in [2.45, 2.75) is 38.5 Å². The maximum Gasteiger partial charge on any atom is 0.0114 e. The molecule has 0 nitrogen and oxygen atoms in total. The van der Waals surface area contributed by atoms with Crippen LogP contribution in [0.1, 0.15) is 44.1 Å². The fourth-order valence-corrected chi connectivity index (χ4v) is 3.16. The van der Waals surface area contributed by atoms with Gasteiger partial charge in [0.2, 0.25) is 0 Å². The summed E-state index contributed by atoms with van der Waals surface area (Å²) in [6.45, 7) is 2.35. The Morgan fingerprint density at radius 3 is 2.24 bits per heavy atom. The molecule has 0 amide bonds. The van der Waals surface area contributed by atoms with Gasteiger partial charge in [0.05, 0.1) is 0 Å². The average molecular weight is 356 g/mol. The molecule has 2 aromatic rings. The predicted octanol–water partition coefficient (Wildman–Crippen LogP) is 5.58. The third-order valence-corrected chi connectivity index (χ3v) is 4.50. The summed E-state index contributed by atoms with van der Waals surface area (Å²) in [5.74, 6) is 1.29. The fraction of sp³-hybridized carbons (Fsp3) is 0.368. The van der Waals surface area contributed by atoms with Crippen LogP contribution in [0.3, 0.4) is 0 Å². The van der Waals surface area contributed by atoms with Crippen LogP contribution in [0.5, 0.6) is 0 Å². The van der Waals surface area contributed by atoms with E-state index in [9.17, 15) is 4.39 Å². The van der Waals surface area contributed by atoms with Gasteiger partial charge in [-0.05, 0) is 35.8 Å². The maximum atomic E-state index is 13.2. The van der Waals surface area contributed by atoms with Crippen LogP contribution in [-0.4, -0.2) is 0 Å². The van der Waals surface area contributed by atoms with Gasteiger partial charge in [-0.15, -0.1) is 17.7 Å². The first-order chi connectivity index (χ1) is 9.72. The molecule has 0 bridgehead atoms. The van der Waals surface area contributed by atoms with Crippen LogP contribution in [0.25, 0.3) is 11.1 Å². The largest absolute Gasteiger partial charge is 0.236 e. The zero-order chi connectivity index (χ0) is 13.9. The van der Waals surface area contributed by atoms with Gasteiger partial charge in [0, 0.05) is 38.5 Å². The SMILES string of the molecule is CC1CCC(c2ccc(-c3cc[c-]c(F)c3)cc2)CC1.[Y]. The molecule has 1 saturated carbocycles. The van der Waals surface area contributed by atoms with Crippen molar-refractivity contribution in [2.75, 3.05) is 0 Å². The van der Waals surface area contributed by atoms with Crippen molar-refractivity contribution in [3.05, 3.63) is 59.9 Å². The number of benzene rings is 2. The minimum Gasteiger partial charge on any atom is -0.236 e. The van der Waals surface area contributed by atoms with E-state index < -0.39 is 0 Å². The molecule has 0 N–H and O–H groups in total. The van der Waals surface area contributed by atoms with Gasteiger partial charge >= 0.3 is 0 Å². The average Bonchev–Trinajstić information content (AvgIpc) is 2.48. The Morgan fingerprint density at radius 2 is 1.62 bits per heavy atom. The zero-order valence-electron chi connectivity index (χ0n) is 12.5. The molecule has 1 radical (unpaired) electrons. The van der Waals surface area contributed by atoms with Crippen LogP contribution in [0.2, 0.25) is 0 Å². The molecule has 0 heterocycles. The molecule has 1 aliphatic rings. The quantitative estimate of drug-likeness (QED) is 0.616. The number of halogens is 1. The first kappa shape index (κ1) is 16.8. The summed E-state index contributed by atoms with van der Waals surface area (Å²) in [6.07, 6.45) is 5.28. The molecular formula is C19H20FY-. The van der Waals surface area contributed by atoms with E-state index in [1.165, 1.54) is 37.3 Å². The minimum atomic E-state index is -0.298. The fourth-order valence-electron chi connectivity index (χ4n) is 3.16. The van der Waals surface area contributed by atoms with E-state index in [0.29, 0.717) is 5.92 Å². The molecule has 1 aliphatic carbocycles. The summed E-state index contributed by atoms with van der Waals surface area (Å²) < 4.78 is 13.2. The topological polar surface area (TPSA) is 0 Å². The monoisotopic (exact) mass is 356 g/mol. The van der Waals surface area contributed by atoms with E-state index in [0.717, 1.165) is 17.0 Å². The van der Waals surface area contributed by atoms with E-state index in [4.69, 9.17) is 0 Å². The second-order valence-corrected chi connectivity index (χ2v) is 6.00. The molecule has 0 atom stereocenters. The molecular weight excluding hydrogens is 336 g/mol. The minimum absolute atomic E-state index is 0.